The number of rotatable bonds is 1. The van der Waals surface area contributed by atoms with Crippen LogP contribution < -0.4 is 0 Å². The van der Waals surface area contributed by atoms with Crippen LogP contribution in [0.3, 0.4) is 0 Å². The lowest BCUT2D eigenvalue weighted by atomic mass is 10.2. The van der Waals surface area contributed by atoms with Gasteiger partial charge >= 0.3 is 0 Å². The quantitative estimate of drug-likeness (QED) is 0.628. The second-order valence-corrected chi connectivity index (χ2v) is 4.12. The molecule has 0 aromatic rings. The Morgan fingerprint density at radius 2 is 2.57 bits per heavy atom. The van der Waals surface area contributed by atoms with Crippen molar-refractivity contribution in [2.75, 3.05) is 32.1 Å². The molecule has 1 N–H and O–H groups in total. The van der Waals surface area contributed by atoms with Crippen LogP contribution in [-0.2, 0) is 9.53 Å². The molecule has 2 rings (SSSR count). The summed E-state index contributed by atoms with van der Waals surface area (Å²) in [6, 6.07) is -0.0547. The molecule has 1 amide bonds. The maximum atomic E-state index is 11.0. The first-order chi connectivity index (χ1) is 6.81. The molecule has 1 unspecified atom stereocenters. The van der Waals surface area contributed by atoms with Crippen LogP contribution in [0.4, 0.5) is 0 Å². The lowest BCUT2D eigenvalue weighted by molar-refractivity contribution is -0.115. The van der Waals surface area contributed by atoms with E-state index < -0.39 is 0 Å². The second kappa shape index (κ2) is 4.29. The zero-order chi connectivity index (χ0) is 9.97. The molecule has 0 saturated carbocycles. The number of nitrogens with zero attached hydrogens (tertiary/aromatic N) is 2. The van der Waals surface area contributed by atoms with Gasteiger partial charge in [-0.25, -0.2) is 0 Å². The van der Waals surface area contributed by atoms with Gasteiger partial charge in [0.25, 0.3) is 5.91 Å². The van der Waals surface area contributed by atoms with Crippen LogP contribution >= 0.6 is 11.8 Å². The lowest BCUT2D eigenvalue weighted by Gasteiger charge is -2.35. The van der Waals surface area contributed by atoms with Gasteiger partial charge in [0.05, 0.1) is 31.6 Å². The third kappa shape index (κ3) is 1.92. The standard InChI is InChI=1S/C8H12N2O3S/c11-3-6-4-13-2-1-10(6)8-9-7(12)5-14-8/h6,11H,1-5H2. The van der Waals surface area contributed by atoms with Crippen molar-refractivity contribution in [2.45, 2.75) is 6.04 Å². The molecule has 5 nitrogen and oxygen atoms in total. The minimum atomic E-state index is -0.0896. The molecule has 2 heterocycles. The summed E-state index contributed by atoms with van der Waals surface area (Å²) in [5.41, 5.74) is 0. The molecule has 0 bridgehead atoms. The number of amidine groups is 1. The number of morpholine rings is 1. The molecule has 0 spiro atoms. The number of carbonyl (C=O) groups is 1. The average molecular weight is 216 g/mol. The fraction of sp³-hybridized carbons (Fsp3) is 0.750. The molecule has 78 valence electrons. The van der Waals surface area contributed by atoms with Crippen molar-refractivity contribution in [1.82, 2.24) is 4.90 Å². The Hall–Kier alpha value is -0.590. The highest BCUT2D eigenvalue weighted by Crippen LogP contribution is 2.20. The smallest absolute Gasteiger partial charge is 0.258 e. The van der Waals surface area contributed by atoms with E-state index in [9.17, 15) is 4.79 Å². The fourth-order valence-electron chi connectivity index (χ4n) is 1.50. The van der Waals surface area contributed by atoms with Crippen LogP contribution in [0.2, 0.25) is 0 Å². The van der Waals surface area contributed by atoms with Gasteiger partial charge in [0.15, 0.2) is 5.17 Å². The maximum absolute atomic E-state index is 11.0. The average Bonchev–Trinajstić information content (AvgIpc) is 2.65. The summed E-state index contributed by atoms with van der Waals surface area (Å²) in [7, 11) is 0. The molecule has 14 heavy (non-hydrogen) atoms. The van der Waals surface area contributed by atoms with E-state index in [1.165, 1.54) is 11.8 Å². The Morgan fingerprint density at radius 1 is 1.71 bits per heavy atom. The van der Waals surface area contributed by atoms with E-state index in [0.717, 1.165) is 5.17 Å². The number of hydrogen-bond donors (Lipinski definition) is 1. The second-order valence-electron chi connectivity index (χ2n) is 3.18. The predicted molar refractivity (Wildman–Crippen MR) is 53.3 cm³/mol. The van der Waals surface area contributed by atoms with Gasteiger partial charge in [0.1, 0.15) is 0 Å². The first-order valence-corrected chi connectivity index (χ1v) is 5.49. The largest absolute Gasteiger partial charge is 0.394 e. The summed E-state index contributed by atoms with van der Waals surface area (Å²) >= 11 is 1.44. The number of thioether (sulfide) groups is 1. The van der Waals surface area contributed by atoms with Gasteiger partial charge in [0.2, 0.25) is 0 Å². The summed E-state index contributed by atoms with van der Waals surface area (Å²) < 4.78 is 5.24. The SMILES string of the molecule is O=C1CSC(N2CCOCC2CO)=N1. The highest BCUT2D eigenvalue weighted by atomic mass is 32.2. The summed E-state index contributed by atoms with van der Waals surface area (Å²) in [5.74, 6) is 0.332. The van der Waals surface area contributed by atoms with Crippen LogP contribution in [-0.4, -0.2) is 59.2 Å². The lowest BCUT2D eigenvalue weighted by Crippen LogP contribution is -2.49. The number of aliphatic imine (C=N–C) groups is 1. The van der Waals surface area contributed by atoms with Crippen LogP contribution in [0, 0.1) is 0 Å². The number of hydrogen-bond acceptors (Lipinski definition) is 5. The van der Waals surface area contributed by atoms with E-state index in [0.29, 0.717) is 25.5 Å². The third-order valence-electron chi connectivity index (χ3n) is 2.23. The van der Waals surface area contributed by atoms with Gasteiger partial charge in [-0.05, 0) is 0 Å². The van der Waals surface area contributed by atoms with E-state index >= 15 is 0 Å². The van der Waals surface area contributed by atoms with Crippen molar-refractivity contribution in [3.63, 3.8) is 0 Å². The number of ether oxygens (including phenoxy) is 1. The summed E-state index contributed by atoms with van der Waals surface area (Å²) in [6.45, 7) is 1.87. The highest BCUT2D eigenvalue weighted by Gasteiger charge is 2.28. The molecular weight excluding hydrogens is 204 g/mol. The van der Waals surface area contributed by atoms with Gasteiger partial charge in [-0.2, -0.15) is 4.99 Å². The molecule has 1 saturated heterocycles. The van der Waals surface area contributed by atoms with Crippen LogP contribution in [0.25, 0.3) is 0 Å². The van der Waals surface area contributed by atoms with Gasteiger partial charge in [-0.15, -0.1) is 0 Å². The van der Waals surface area contributed by atoms with Gasteiger partial charge in [0, 0.05) is 6.54 Å². The topological polar surface area (TPSA) is 62.1 Å². The highest BCUT2D eigenvalue weighted by molar-refractivity contribution is 8.14. The zero-order valence-electron chi connectivity index (χ0n) is 7.68. The predicted octanol–water partition coefficient (Wildman–Crippen LogP) is -0.691. The molecule has 0 aromatic heterocycles. The van der Waals surface area contributed by atoms with Crippen molar-refractivity contribution in [3.05, 3.63) is 0 Å². The first-order valence-electron chi connectivity index (χ1n) is 4.51. The molecule has 1 fully saturated rings. The molecule has 0 aromatic carbocycles. The van der Waals surface area contributed by atoms with Crippen molar-refractivity contribution >= 4 is 22.8 Å². The Kier molecular flexibility index (Phi) is 3.05. The molecule has 0 radical (unpaired) electrons. The van der Waals surface area contributed by atoms with Crippen molar-refractivity contribution < 1.29 is 14.6 Å². The van der Waals surface area contributed by atoms with Gasteiger partial charge < -0.3 is 14.7 Å². The van der Waals surface area contributed by atoms with E-state index in [4.69, 9.17) is 9.84 Å². The Morgan fingerprint density at radius 3 is 3.21 bits per heavy atom. The van der Waals surface area contributed by atoms with Crippen LogP contribution in [0.1, 0.15) is 0 Å². The van der Waals surface area contributed by atoms with Crippen LogP contribution in [0.5, 0.6) is 0 Å². The third-order valence-corrected chi connectivity index (χ3v) is 3.20. The van der Waals surface area contributed by atoms with Gasteiger partial charge in [-0.1, -0.05) is 11.8 Å². The Bertz CT molecular complexity index is 269. The summed E-state index contributed by atoms with van der Waals surface area (Å²) in [4.78, 5) is 16.8. The van der Waals surface area contributed by atoms with Crippen molar-refractivity contribution in [2.24, 2.45) is 4.99 Å². The Balaban J connectivity index is 2.07. The van der Waals surface area contributed by atoms with E-state index in [1.54, 1.807) is 0 Å². The van der Waals surface area contributed by atoms with Crippen LogP contribution in [0.15, 0.2) is 4.99 Å². The van der Waals surface area contributed by atoms with E-state index in [1.807, 2.05) is 4.90 Å². The maximum Gasteiger partial charge on any atom is 0.258 e. The number of aliphatic hydroxyl groups is 1. The molecule has 2 aliphatic heterocycles. The van der Waals surface area contributed by atoms with Gasteiger partial charge in [-0.3, -0.25) is 4.79 Å². The van der Waals surface area contributed by atoms with Crippen molar-refractivity contribution in [3.8, 4) is 0 Å². The van der Waals surface area contributed by atoms with Crippen molar-refractivity contribution in [1.29, 1.82) is 0 Å². The molecule has 0 aliphatic carbocycles. The first kappa shape index (κ1) is 9.95. The molecular formula is C8H12N2O3S. The minimum Gasteiger partial charge on any atom is -0.394 e. The zero-order valence-corrected chi connectivity index (χ0v) is 8.50. The molecule has 2 aliphatic rings. The van der Waals surface area contributed by atoms with E-state index in [-0.39, 0.29) is 18.6 Å². The minimum absolute atomic E-state index is 0.0355. The normalized spacial score (nSPS) is 28.1. The summed E-state index contributed by atoms with van der Waals surface area (Å²) in [6.07, 6.45) is 0. The fourth-order valence-corrected chi connectivity index (χ4v) is 2.39. The molecule has 1 atom stereocenters. The van der Waals surface area contributed by atoms with E-state index in [2.05, 4.69) is 4.99 Å². The number of aliphatic hydroxyl groups excluding tert-OH is 1. The number of amides is 1. The Labute approximate surface area is 86.1 Å². The molecule has 6 heteroatoms. The number of carbonyl (C=O) groups excluding carboxylic acids is 1. The monoisotopic (exact) mass is 216 g/mol. The summed E-state index contributed by atoms with van der Waals surface area (Å²) in [5, 5.41) is 9.85.